The van der Waals surface area contributed by atoms with Crippen LogP contribution in [0.15, 0.2) is 24.5 Å². The van der Waals surface area contributed by atoms with Crippen molar-refractivity contribution in [3.05, 3.63) is 24.5 Å². The quantitative estimate of drug-likeness (QED) is 0.657. The molecule has 0 unspecified atom stereocenters. The van der Waals surface area contributed by atoms with Crippen LogP contribution in [0.3, 0.4) is 0 Å². The van der Waals surface area contributed by atoms with Gasteiger partial charge in [-0.25, -0.2) is 5.01 Å². The van der Waals surface area contributed by atoms with Crippen molar-refractivity contribution in [2.24, 2.45) is 5.92 Å². The number of piperazine rings is 1. The van der Waals surface area contributed by atoms with E-state index in [1.165, 1.54) is 19.0 Å². The Bertz CT molecular complexity index is 713. The molecule has 29 heavy (non-hydrogen) atoms. The maximum atomic E-state index is 13.0. The molecule has 3 rings (SSSR count). The lowest BCUT2D eigenvalue weighted by Gasteiger charge is -2.41. The van der Waals surface area contributed by atoms with Gasteiger partial charge in [0.05, 0.1) is 7.11 Å². The summed E-state index contributed by atoms with van der Waals surface area (Å²) >= 11 is 0. The summed E-state index contributed by atoms with van der Waals surface area (Å²) < 4.78 is 4.67. The van der Waals surface area contributed by atoms with E-state index < -0.39 is 5.97 Å². The van der Waals surface area contributed by atoms with Gasteiger partial charge in [-0.3, -0.25) is 24.4 Å². The van der Waals surface area contributed by atoms with Crippen LogP contribution in [0.1, 0.15) is 19.8 Å². The molecule has 2 fully saturated rings. The number of nitrogens with zero attached hydrogens (tertiary/aromatic N) is 5. The van der Waals surface area contributed by atoms with Crippen LogP contribution in [0.4, 0.5) is 5.69 Å². The van der Waals surface area contributed by atoms with Gasteiger partial charge in [-0.05, 0) is 25.0 Å². The molecule has 0 saturated carbocycles. The number of amides is 2. The van der Waals surface area contributed by atoms with E-state index in [1.54, 1.807) is 12.4 Å². The second-order valence-corrected chi connectivity index (χ2v) is 7.40. The molecule has 158 valence electrons. The van der Waals surface area contributed by atoms with Crippen molar-refractivity contribution in [1.82, 2.24) is 19.9 Å². The predicted octanol–water partition coefficient (Wildman–Crippen LogP) is 0.379. The van der Waals surface area contributed by atoms with E-state index in [1.807, 2.05) is 22.0 Å². The topological polar surface area (TPSA) is 86.3 Å². The molecule has 0 N–H and O–H groups in total. The normalized spacial score (nSPS) is 18.4. The van der Waals surface area contributed by atoms with E-state index in [2.05, 4.69) is 14.6 Å². The monoisotopic (exact) mass is 403 g/mol. The van der Waals surface area contributed by atoms with Crippen molar-refractivity contribution in [2.75, 3.05) is 57.8 Å². The lowest BCUT2D eigenvalue weighted by atomic mass is 9.95. The van der Waals surface area contributed by atoms with Gasteiger partial charge in [-0.1, -0.05) is 0 Å². The Morgan fingerprint density at radius 1 is 1.07 bits per heavy atom. The number of anilines is 1. The van der Waals surface area contributed by atoms with Crippen LogP contribution in [-0.4, -0.2) is 90.6 Å². The van der Waals surface area contributed by atoms with Crippen molar-refractivity contribution in [3.8, 4) is 0 Å². The standard InChI is InChI=1S/C20H29N5O4/c1-16(26)25(15-19(27)29-2)24-9-5-17(6-10-24)20(28)23-13-11-22(12-14-23)18-3-7-21-8-4-18/h3-4,7-8,17H,5-6,9-15H2,1-2H3. The van der Waals surface area contributed by atoms with Crippen LogP contribution in [0.25, 0.3) is 0 Å². The third-order valence-corrected chi connectivity index (χ3v) is 5.65. The molecule has 2 aliphatic rings. The van der Waals surface area contributed by atoms with Crippen LogP contribution in [0.2, 0.25) is 0 Å². The molecule has 3 heterocycles. The number of piperidine rings is 1. The second-order valence-electron chi connectivity index (χ2n) is 7.40. The van der Waals surface area contributed by atoms with Gasteiger partial charge in [-0.2, -0.15) is 0 Å². The van der Waals surface area contributed by atoms with Crippen LogP contribution in [0.5, 0.6) is 0 Å². The Morgan fingerprint density at radius 3 is 2.24 bits per heavy atom. The van der Waals surface area contributed by atoms with Crippen LogP contribution >= 0.6 is 0 Å². The number of hydrogen-bond donors (Lipinski definition) is 0. The van der Waals surface area contributed by atoms with Gasteiger partial charge in [0.15, 0.2) is 0 Å². The van der Waals surface area contributed by atoms with Crippen molar-refractivity contribution in [2.45, 2.75) is 19.8 Å². The number of aromatic nitrogens is 1. The van der Waals surface area contributed by atoms with E-state index in [4.69, 9.17) is 0 Å². The zero-order chi connectivity index (χ0) is 20.8. The Hall–Kier alpha value is -2.68. The summed E-state index contributed by atoms with van der Waals surface area (Å²) in [6, 6.07) is 3.98. The van der Waals surface area contributed by atoms with Gasteiger partial charge in [0.1, 0.15) is 6.54 Å². The molecule has 1 aromatic rings. The fourth-order valence-electron chi connectivity index (χ4n) is 3.95. The van der Waals surface area contributed by atoms with Crippen LogP contribution in [-0.2, 0) is 19.1 Å². The van der Waals surface area contributed by atoms with Gasteiger partial charge in [0.2, 0.25) is 11.8 Å². The maximum absolute atomic E-state index is 13.0. The average Bonchev–Trinajstić information content (AvgIpc) is 2.77. The first-order chi connectivity index (χ1) is 14.0. The summed E-state index contributed by atoms with van der Waals surface area (Å²) in [6.07, 6.45) is 4.92. The number of hydrazine groups is 1. The lowest BCUT2D eigenvalue weighted by molar-refractivity contribution is -0.163. The van der Waals surface area contributed by atoms with Gasteiger partial charge in [0, 0.05) is 70.2 Å². The van der Waals surface area contributed by atoms with Crippen LogP contribution in [0, 0.1) is 5.92 Å². The summed E-state index contributed by atoms with van der Waals surface area (Å²) in [5.74, 6) is -0.495. The largest absolute Gasteiger partial charge is 0.468 e. The SMILES string of the molecule is COC(=O)CN(C(C)=O)N1CCC(C(=O)N2CCN(c3ccncc3)CC2)CC1. The minimum atomic E-state index is -0.453. The summed E-state index contributed by atoms with van der Waals surface area (Å²) in [4.78, 5) is 44.7. The molecule has 0 spiro atoms. The van der Waals surface area contributed by atoms with Crippen LogP contribution < -0.4 is 4.90 Å². The molecule has 2 saturated heterocycles. The highest BCUT2D eigenvalue weighted by atomic mass is 16.5. The predicted molar refractivity (Wildman–Crippen MR) is 107 cm³/mol. The second kappa shape index (κ2) is 9.69. The summed E-state index contributed by atoms with van der Waals surface area (Å²) in [6.45, 7) is 5.53. The molecular weight excluding hydrogens is 374 g/mol. The highest BCUT2D eigenvalue weighted by molar-refractivity contribution is 5.80. The molecule has 0 atom stereocenters. The highest BCUT2D eigenvalue weighted by Gasteiger charge is 2.33. The number of carbonyl (C=O) groups excluding carboxylic acids is 3. The number of esters is 1. The Morgan fingerprint density at radius 2 is 1.69 bits per heavy atom. The zero-order valence-electron chi connectivity index (χ0n) is 17.1. The van der Waals surface area contributed by atoms with E-state index >= 15 is 0 Å². The molecule has 0 bridgehead atoms. The van der Waals surface area contributed by atoms with Crippen molar-refractivity contribution in [1.29, 1.82) is 0 Å². The van der Waals surface area contributed by atoms with Crippen molar-refractivity contribution in [3.63, 3.8) is 0 Å². The summed E-state index contributed by atoms with van der Waals surface area (Å²) in [7, 11) is 1.31. The van der Waals surface area contributed by atoms with E-state index in [9.17, 15) is 14.4 Å². The van der Waals surface area contributed by atoms with Gasteiger partial charge in [0.25, 0.3) is 0 Å². The first-order valence-corrected chi connectivity index (χ1v) is 10.0. The number of pyridine rings is 1. The molecule has 9 nitrogen and oxygen atoms in total. The summed E-state index contributed by atoms with van der Waals surface area (Å²) in [5.41, 5.74) is 1.13. The van der Waals surface area contributed by atoms with Crippen molar-refractivity contribution < 1.29 is 19.1 Å². The third kappa shape index (κ3) is 5.23. The average molecular weight is 403 g/mol. The Balaban J connectivity index is 1.49. The smallest absolute Gasteiger partial charge is 0.327 e. The Labute approximate surface area is 171 Å². The minimum absolute atomic E-state index is 0.0364. The Kier molecular flexibility index (Phi) is 7.03. The van der Waals surface area contributed by atoms with Gasteiger partial charge < -0.3 is 14.5 Å². The molecule has 9 heteroatoms. The first kappa shape index (κ1) is 21.0. The summed E-state index contributed by atoms with van der Waals surface area (Å²) in [5, 5.41) is 3.27. The fraction of sp³-hybridized carbons (Fsp3) is 0.600. The molecule has 0 aromatic carbocycles. The molecule has 2 aliphatic heterocycles. The number of rotatable bonds is 5. The third-order valence-electron chi connectivity index (χ3n) is 5.65. The number of hydrogen-bond acceptors (Lipinski definition) is 7. The number of ether oxygens (including phenoxy) is 1. The van der Waals surface area contributed by atoms with Gasteiger partial charge in [-0.15, -0.1) is 0 Å². The number of carbonyl (C=O) groups is 3. The van der Waals surface area contributed by atoms with E-state index in [0.29, 0.717) is 39.0 Å². The van der Waals surface area contributed by atoms with Crippen molar-refractivity contribution >= 4 is 23.5 Å². The molecule has 0 radical (unpaired) electrons. The molecular formula is C20H29N5O4. The molecule has 2 amide bonds. The maximum Gasteiger partial charge on any atom is 0.327 e. The fourth-order valence-corrected chi connectivity index (χ4v) is 3.95. The highest BCUT2D eigenvalue weighted by Crippen LogP contribution is 2.23. The molecule has 1 aromatic heterocycles. The zero-order valence-corrected chi connectivity index (χ0v) is 17.1. The lowest BCUT2D eigenvalue weighted by Crippen LogP contribution is -2.54. The number of methoxy groups -OCH3 is 1. The first-order valence-electron chi connectivity index (χ1n) is 10.0. The van der Waals surface area contributed by atoms with E-state index in [-0.39, 0.29) is 24.3 Å². The molecule has 0 aliphatic carbocycles. The minimum Gasteiger partial charge on any atom is -0.468 e. The van der Waals surface area contributed by atoms with Gasteiger partial charge >= 0.3 is 5.97 Å². The van der Waals surface area contributed by atoms with E-state index in [0.717, 1.165) is 18.8 Å².